The lowest BCUT2D eigenvalue weighted by Crippen LogP contribution is -2.23. The van der Waals surface area contributed by atoms with Crippen LogP contribution in [-0.4, -0.2) is 18.0 Å². The van der Waals surface area contributed by atoms with E-state index < -0.39 is 11.9 Å². The van der Waals surface area contributed by atoms with Crippen LogP contribution in [0.2, 0.25) is 0 Å². The summed E-state index contributed by atoms with van der Waals surface area (Å²) < 4.78 is 11.1. The first kappa shape index (κ1) is 19.0. The third-order valence-corrected chi connectivity index (χ3v) is 4.65. The van der Waals surface area contributed by atoms with Crippen LogP contribution in [0.1, 0.15) is 26.3 Å². The second-order valence-electron chi connectivity index (χ2n) is 6.97. The van der Waals surface area contributed by atoms with E-state index in [1.165, 1.54) is 13.8 Å². The summed E-state index contributed by atoms with van der Waals surface area (Å²) in [6.07, 6.45) is 0.189. The van der Waals surface area contributed by atoms with Crippen LogP contribution in [0.5, 0.6) is 17.2 Å². The van der Waals surface area contributed by atoms with E-state index in [1.807, 2.05) is 55.5 Å². The SMILES string of the molecule is CC(=O)Oc1c2c(c(OC(C)=O)c3ccc(-c4ccccc4)cc13)OOC(C)C2. The fourth-order valence-electron chi connectivity index (χ4n) is 3.50. The van der Waals surface area contributed by atoms with Gasteiger partial charge in [-0.15, -0.1) is 0 Å². The molecule has 1 heterocycles. The van der Waals surface area contributed by atoms with E-state index in [9.17, 15) is 9.59 Å². The molecule has 0 saturated heterocycles. The molecule has 0 fully saturated rings. The number of ether oxygens (including phenoxy) is 2. The summed E-state index contributed by atoms with van der Waals surface area (Å²) in [7, 11) is 0. The number of carbonyl (C=O) groups is 2. The van der Waals surface area contributed by atoms with Crippen LogP contribution in [-0.2, 0) is 20.9 Å². The van der Waals surface area contributed by atoms with Gasteiger partial charge in [-0.2, -0.15) is 4.89 Å². The van der Waals surface area contributed by atoms with Gasteiger partial charge in [-0.3, -0.25) is 9.59 Å². The Morgan fingerprint density at radius 1 is 0.897 bits per heavy atom. The highest BCUT2D eigenvalue weighted by Gasteiger charge is 2.31. The van der Waals surface area contributed by atoms with E-state index in [1.54, 1.807) is 0 Å². The maximum absolute atomic E-state index is 11.9. The van der Waals surface area contributed by atoms with Crippen molar-refractivity contribution >= 4 is 22.7 Å². The van der Waals surface area contributed by atoms with Crippen molar-refractivity contribution in [2.24, 2.45) is 0 Å². The van der Waals surface area contributed by atoms with Crippen LogP contribution < -0.4 is 14.4 Å². The van der Waals surface area contributed by atoms with Crippen molar-refractivity contribution in [3.05, 3.63) is 54.1 Å². The molecule has 4 rings (SSSR count). The maximum atomic E-state index is 11.9. The van der Waals surface area contributed by atoms with Crippen molar-refractivity contribution in [1.29, 1.82) is 0 Å². The van der Waals surface area contributed by atoms with Gasteiger partial charge < -0.3 is 14.4 Å². The zero-order chi connectivity index (χ0) is 20.5. The molecule has 0 bridgehead atoms. The highest BCUT2D eigenvalue weighted by atomic mass is 17.2. The summed E-state index contributed by atoms with van der Waals surface area (Å²) in [5, 5.41) is 1.25. The van der Waals surface area contributed by atoms with Crippen LogP contribution in [0, 0.1) is 0 Å². The molecule has 6 heteroatoms. The summed E-state index contributed by atoms with van der Waals surface area (Å²) in [6.45, 7) is 4.52. The first-order chi connectivity index (χ1) is 13.9. The van der Waals surface area contributed by atoms with E-state index in [-0.39, 0.29) is 17.6 Å². The van der Waals surface area contributed by atoms with Crippen LogP contribution >= 0.6 is 0 Å². The predicted molar refractivity (Wildman–Crippen MR) is 107 cm³/mol. The van der Waals surface area contributed by atoms with Crippen LogP contribution in [0.15, 0.2) is 48.5 Å². The van der Waals surface area contributed by atoms with Gasteiger partial charge in [0.2, 0.25) is 5.75 Å². The summed E-state index contributed by atoms with van der Waals surface area (Å²) in [5.74, 6) is -0.0214. The van der Waals surface area contributed by atoms with Crippen molar-refractivity contribution in [2.45, 2.75) is 33.3 Å². The average molecular weight is 392 g/mol. The fraction of sp³-hybridized carbons (Fsp3) is 0.217. The molecule has 148 valence electrons. The van der Waals surface area contributed by atoms with E-state index >= 15 is 0 Å². The maximum Gasteiger partial charge on any atom is 0.308 e. The Kier molecular flexibility index (Phi) is 4.94. The standard InChI is InChI=1S/C23H20O6/c1-13-11-20-21(26-14(2)24)19-12-17(16-7-5-4-6-8-16)9-10-18(19)22(27-15(3)25)23(20)29-28-13/h4-10,12-13H,11H2,1-3H3. The van der Waals surface area contributed by atoms with Gasteiger partial charge in [0.25, 0.3) is 0 Å². The molecule has 0 spiro atoms. The van der Waals surface area contributed by atoms with E-state index in [0.29, 0.717) is 28.5 Å². The smallest absolute Gasteiger partial charge is 0.308 e. The van der Waals surface area contributed by atoms with Gasteiger partial charge in [0.1, 0.15) is 11.9 Å². The molecule has 1 atom stereocenters. The molecule has 3 aromatic carbocycles. The minimum absolute atomic E-state index is 0.253. The lowest BCUT2D eigenvalue weighted by Gasteiger charge is -2.26. The lowest BCUT2D eigenvalue weighted by molar-refractivity contribution is -0.250. The second-order valence-corrected chi connectivity index (χ2v) is 6.97. The molecule has 0 aromatic heterocycles. The van der Waals surface area contributed by atoms with Gasteiger partial charge in [0.15, 0.2) is 5.75 Å². The Labute approximate surface area is 167 Å². The number of fused-ring (bicyclic) bond motifs is 2. The van der Waals surface area contributed by atoms with Crippen molar-refractivity contribution in [3.8, 4) is 28.4 Å². The van der Waals surface area contributed by atoms with E-state index in [2.05, 4.69) is 0 Å². The monoisotopic (exact) mass is 392 g/mol. The summed E-state index contributed by atoms with van der Waals surface area (Å²) in [5.41, 5.74) is 2.59. The molecular formula is C23H20O6. The number of carbonyl (C=O) groups excluding carboxylic acids is 2. The Balaban J connectivity index is 2.04. The normalized spacial score (nSPS) is 15.3. The van der Waals surface area contributed by atoms with Crippen LogP contribution in [0.25, 0.3) is 21.9 Å². The van der Waals surface area contributed by atoms with Crippen molar-refractivity contribution in [2.75, 3.05) is 0 Å². The quantitative estimate of drug-likeness (QED) is 0.368. The molecule has 0 radical (unpaired) electrons. The molecule has 0 saturated carbocycles. The molecule has 0 amide bonds. The Morgan fingerprint density at radius 2 is 1.59 bits per heavy atom. The summed E-state index contributed by atoms with van der Waals surface area (Å²) in [6, 6.07) is 15.5. The predicted octanol–water partition coefficient (Wildman–Crippen LogP) is 4.61. The molecule has 1 aliphatic heterocycles. The topological polar surface area (TPSA) is 71.1 Å². The minimum atomic E-state index is -0.483. The van der Waals surface area contributed by atoms with E-state index in [0.717, 1.165) is 11.1 Å². The van der Waals surface area contributed by atoms with Crippen molar-refractivity contribution in [1.82, 2.24) is 0 Å². The lowest BCUT2D eigenvalue weighted by atomic mass is 9.95. The zero-order valence-electron chi connectivity index (χ0n) is 16.4. The van der Waals surface area contributed by atoms with Crippen molar-refractivity contribution < 1.29 is 28.8 Å². The Hall–Kier alpha value is -3.38. The highest BCUT2D eigenvalue weighted by Crippen LogP contribution is 2.49. The van der Waals surface area contributed by atoms with Crippen LogP contribution in [0.3, 0.4) is 0 Å². The fourth-order valence-corrected chi connectivity index (χ4v) is 3.50. The second kappa shape index (κ2) is 7.56. The summed E-state index contributed by atoms with van der Waals surface area (Å²) >= 11 is 0. The van der Waals surface area contributed by atoms with Gasteiger partial charge in [-0.25, -0.2) is 0 Å². The number of hydrogen-bond donors (Lipinski definition) is 0. The van der Waals surface area contributed by atoms with Gasteiger partial charge in [-0.05, 0) is 30.2 Å². The van der Waals surface area contributed by atoms with E-state index in [4.69, 9.17) is 19.2 Å². The third kappa shape index (κ3) is 3.67. The zero-order valence-corrected chi connectivity index (χ0v) is 16.4. The Morgan fingerprint density at radius 3 is 2.28 bits per heavy atom. The molecule has 29 heavy (non-hydrogen) atoms. The average Bonchev–Trinajstić information content (AvgIpc) is 2.70. The third-order valence-electron chi connectivity index (χ3n) is 4.65. The van der Waals surface area contributed by atoms with Gasteiger partial charge in [0, 0.05) is 36.6 Å². The first-order valence-electron chi connectivity index (χ1n) is 9.32. The highest BCUT2D eigenvalue weighted by molar-refractivity contribution is 6.01. The molecule has 0 aliphatic carbocycles. The molecule has 1 aliphatic rings. The number of esters is 2. The number of benzene rings is 3. The van der Waals surface area contributed by atoms with Gasteiger partial charge in [0.05, 0.1) is 0 Å². The molecule has 6 nitrogen and oxygen atoms in total. The molecular weight excluding hydrogens is 372 g/mol. The number of rotatable bonds is 3. The minimum Gasteiger partial charge on any atom is -0.426 e. The van der Waals surface area contributed by atoms with Gasteiger partial charge in [-0.1, -0.05) is 36.4 Å². The van der Waals surface area contributed by atoms with Gasteiger partial charge >= 0.3 is 11.9 Å². The number of hydrogen-bond acceptors (Lipinski definition) is 6. The molecule has 0 N–H and O–H groups in total. The summed E-state index contributed by atoms with van der Waals surface area (Å²) in [4.78, 5) is 34.4. The van der Waals surface area contributed by atoms with Crippen LogP contribution in [0.4, 0.5) is 0 Å². The van der Waals surface area contributed by atoms with Crippen molar-refractivity contribution in [3.63, 3.8) is 0 Å². The first-order valence-corrected chi connectivity index (χ1v) is 9.32. The Bertz CT molecular complexity index is 1100. The molecule has 1 unspecified atom stereocenters. The largest absolute Gasteiger partial charge is 0.426 e. The molecule has 3 aromatic rings.